The third-order valence-corrected chi connectivity index (χ3v) is 7.13. The van der Waals surface area contributed by atoms with Crippen LogP contribution >= 0.6 is 27.5 Å². The fraction of sp³-hybridized carbons (Fsp3) is 0.538. The fourth-order valence-corrected chi connectivity index (χ4v) is 4.70. The Balaban J connectivity index is 2.04. The van der Waals surface area contributed by atoms with Gasteiger partial charge in [0.25, 0.3) is 0 Å². The summed E-state index contributed by atoms with van der Waals surface area (Å²) in [5.41, 5.74) is 5.32. The average molecular weight is 398 g/mol. The lowest BCUT2D eigenvalue weighted by Gasteiger charge is -2.22. The molecule has 2 saturated carbocycles. The summed E-state index contributed by atoms with van der Waals surface area (Å²) in [6, 6.07) is 1.12. The van der Waals surface area contributed by atoms with E-state index in [0.717, 1.165) is 31.7 Å². The van der Waals surface area contributed by atoms with Gasteiger partial charge in [-0.3, -0.25) is 0 Å². The molecule has 0 aromatic heterocycles. The molecule has 0 saturated heterocycles. The van der Waals surface area contributed by atoms with Crippen LogP contribution in [0.5, 0.6) is 0 Å². The zero-order valence-electron chi connectivity index (χ0n) is 11.2. The van der Waals surface area contributed by atoms with Gasteiger partial charge in [0.15, 0.2) is 5.82 Å². The van der Waals surface area contributed by atoms with Crippen molar-refractivity contribution in [3.05, 3.63) is 21.4 Å². The first-order valence-electron chi connectivity index (χ1n) is 6.77. The second-order valence-corrected chi connectivity index (χ2v) is 8.71. The summed E-state index contributed by atoms with van der Waals surface area (Å²) >= 11 is 8.99. The fourth-order valence-electron chi connectivity index (χ4n) is 2.27. The van der Waals surface area contributed by atoms with Crippen molar-refractivity contribution in [2.24, 2.45) is 5.92 Å². The molecule has 21 heavy (non-hydrogen) atoms. The Morgan fingerprint density at radius 2 is 2.00 bits per heavy atom. The summed E-state index contributed by atoms with van der Waals surface area (Å²) in [6.07, 6.45) is 3.72. The lowest BCUT2D eigenvalue weighted by Crippen LogP contribution is -2.35. The molecule has 1 aromatic rings. The topological polar surface area (TPSA) is 63.4 Å². The Morgan fingerprint density at radius 1 is 1.38 bits per heavy atom. The predicted octanol–water partition coefficient (Wildman–Crippen LogP) is 3.39. The molecule has 0 atom stereocenters. The van der Waals surface area contributed by atoms with Crippen molar-refractivity contribution in [1.82, 2.24) is 4.31 Å². The van der Waals surface area contributed by atoms with Gasteiger partial charge < -0.3 is 5.73 Å². The van der Waals surface area contributed by atoms with Gasteiger partial charge in [0.2, 0.25) is 10.0 Å². The van der Waals surface area contributed by atoms with Crippen LogP contribution < -0.4 is 5.73 Å². The molecular formula is C13H15BrClFN2O2S. The maximum Gasteiger partial charge on any atom is 0.246 e. The van der Waals surface area contributed by atoms with Crippen LogP contribution in [0.2, 0.25) is 5.02 Å². The normalized spacial score (nSPS) is 19.2. The zero-order chi connectivity index (χ0) is 15.4. The van der Waals surface area contributed by atoms with Gasteiger partial charge in [0, 0.05) is 12.6 Å². The summed E-state index contributed by atoms with van der Waals surface area (Å²) in [5.74, 6) is -0.542. The van der Waals surface area contributed by atoms with Gasteiger partial charge in [-0.1, -0.05) is 11.6 Å². The lowest BCUT2D eigenvalue weighted by atomic mass is 10.3. The molecule has 0 spiro atoms. The van der Waals surface area contributed by atoms with E-state index in [9.17, 15) is 12.8 Å². The van der Waals surface area contributed by atoms with Gasteiger partial charge >= 0.3 is 0 Å². The van der Waals surface area contributed by atoms with E-state index in [1.54, 1.807) is 0 Å². The molecule has 0 heterocycles. The molecule has 2 aliphatic rings. The van der Waals surface area contributed by atoms with E-state index < -0.39 is 20.7 Å². The number of nitrogens with two attached hydrogens (primary N) is 1. The molecule has 0 radical (unpaired) electrons. The molecule has 116 valence electrons. The summed E-state index contributed by atoms with van der Waals surface area (Å²) in [5, 5.41) is 0.0923. The SMILES string of the molecule is Nc1c(F)c(S(=O)(=O)N(CC2CC2)C2CC2)cc(Cl)c1Br. The minimum absolute atomic E-state index is 0.0151. The van der Waals surface area contributed by atoms with Crippen LogP contribution in [0.4, 0.5) is 10.1 Å². The maximum absolute atomic E-state index is 14.3. The van der Waals surface area contributed by atoms with E-state index in [0.29, 0.717) is 12.5 Å². The third-order valence-electron chi connectivity index (χ3n) is 3.83. The Kier molecular flexibility index (Phi) is 3.97. The number of hydrogen-bond donors (Lipinski definition) is 1. The number of benzene rings is 1. The largest absolute Gasteiger partial charge is 0.395 e. The molecule has 0 bridgehead atoms. The molecule has 4 nitrogen and oxygen atoms in total. The van der Waals surface area contributed by atoms with Gasteiger partial charge in [-0.15, -0.1) is 0 Å². The quantitative estimate of drug-likeness (QED) is 0.612. The van der Waals surface area contributed by atoms with Crippen LogP contribution in [-0.4, -0.2) is 25.3 Å². The van der Waals surface area contributed by atoms with E-state index >= 15 is 0 Å². The van der Waals surface area contributed by atoms with Crippen LogP contribution in [0, 0.1) is 11.7 Å². The highest BCUT2D eigenvalue weighted by Crippen LogP contribution is 2.41. The van der Waals surface area contributed by atoms with Gasteiger partial charge in [0.05, 0.1) is 15.2 Å². The first-order valence-corrected chi connectivity index (χ1v) is 9.38. The summed E-state index contributed by atoms with van der Waals surface area (Å²) in [4.78, 5) is -0.430. The Hall–Kier alpha value is -0.370. The van der Waals surface area contributed by atoms with Crippen LogP contribution in [0.15, 0.2) is 15.4 Å². The van der Waals surface area contributed by atoms with Crippen LogP contribution in [-0.2, 0) is 10.0 Å². The molecule has 0 amide bonds. The first kappa shape index (κ1) is 15.5. The van der Waals surface area contributed by atoms with Gasteiger partial charge in [0.1, 0.15) is 4.90 Å². The maximum atomic E-state index is 14.3. The summed E-state index contributed by atoms with van der Waals surface area (Å²) in [7, 11) is -3.91. The van der Waals surface area contributed by atoms with Crippen molar-refractivity contribution in [1.29, 1.82) is 0 Å². The Morgan fingerprint density at radius 3 is 2.52 bits per heavy atom. The number of sulfonamides is 1. The average Bonchev–Trinajstić information content (AvgIpc) is 3.29. The highest BCUT2D eigenvalue weighted by atomic mass is 79.9. The van der Waals surface area contributed by atoms with E-state index in [1.165, 1.54) is 4.31 Å². The van der Waals surface area contributed by atoms with Crippen molar-refractivity contribution in [2.45, 2.75) is 36.6 Å². The third kappa shape index (κ3) is 2.93. The smallest absolute Gasteiger partial charge is 0.246 e. The van der Waals surface area contributed by atoms with Crippen LogP contribution in [0.1, 0.15) is 25.7 Å². The first-order chi connectivity index (χ1) is 9.82. The number of rotatable bonds is 5. The molecule has 2 N–H and O–H groups in total. The highest BCUT2D eigenvalue weighted by molar-refractivity contribution is 9.10. The number of nitrogen functional groups attached to an aromatic ring is 1. The molecule has 2 fully saturated rings. The molecule has 0 aliphatic heterocycles. The standard InChI is InChI=1S/C13H15BrClFN2O2S/c14-11-9(15)5-10(12(16)13(11)17)21(19,20)18(8-3-4-8)6-7-1-2-7/h5,7-8H,1-4,6,17H2. The number of hydrogen-bond acceptors (Lipinski definition) is 3. The van der Waals surface area contributed by atoms with E-state index in [-0.39, 0.29) is 21.2 Å². The number of anilines is 1. The summed E-state index contributed by atoms with van der Waals surface area (Å²) < 4.78 is 41.5. The highest BCUT2D eigenvalue weighted by Gasteiger charge is 2.42. The molecule has 2 aliphatic carbocycles. The van der Waals surface area contributed by atoms with E-state index in [4.69, 9.17) is 17.3 Å². The van der Waals surface area contributed by atoms with Crippen LogP contribution in [0.25, 0.3) is 0 Å². The molecule has 3 rings (SSSR count). The van der Waals surface area contributed by atoms with Gasteiger partial charge in [-0.25, -0.2) is 12.8 Å². The number of nitrogens with zero attached hydrogens (tertiary/aromatic N) is 1. The summed E-state index contributed by atoms with van der Waals surface area (Å²) in [6.45, 7) is 0.458. The van der Waals surface area contributed by atoms with Crippen molar-refractivity contribution in [2.75, 3.05) is 12.3 Å². The monoisotopic (exact) mass is 396 g/mol. The molecule has 8 heteroatoms. The molecular weight excluding hydrogens is 383 g/mol. The molecule has 1 aromatic carbocycles. The minimum Gasteiger partial charge on any atom is -0.395 e. The van der Waals surface area contributed by atoms with Gasteiger partial charge in [-0.05, 0) is 53.6 Å². The van der Waals surface area contributed by atoms with E-state index in [1.807, 2.05) is 0 Å². The van der Waals surface area contributed by atoms with E-state index in [2.05, 4.69) is 15.9 Å². The van der Waals surface area contributed by atoms with Crippen LogP contribution in [0.3, 0.4) is 0 Å². The molecule has 0 unspecified atom stereocenters. The lowest BCUT2D eigenvalue weighted by molar-refractivity contribution is 0.386. The van der Waals surface area contributed by atoms with Crippen molar-refractivity contribution in [3.63, 3.8) is 0 Å². The van der Waals surface area contributed by atoms with Crippen molar-refractivity contribution < 1.29 is 12.8 Å². The second-order valence-electron chi connectivity index (χ2n) is 5.65. The van der Waals surface area contributed by atoms with Crippen molar-refractivity contribution in [3.8, 4) is 0 Å². The number of halogens is 3. The second kappa shape index (κ2) is 5.37. The zero-order valence-corrected chi connectivity index (χ0v) is 14.3. The minimum atomic E-state index is -3.91. The Bertz CT molecular complexity index is 690. The van der Waals surface area contributed by atoms with Crippen molar-refractivity contribution >= 4 is 43.2 Å². The van der Waals surface area contributed by atoms with Gasteiger partial charge in [-0.2, -0.15) is 4.31 Å². The predicted molar refractivity (Wildman–Crippen MR) is 83.2 cm³/mol. The Labute approximate surface area is 136 Å².